The van der Waals surface area contributed by atoms with Crippen molar-refractivity contribution >= 4 is 0 Å². The summed E-state index contributed by atoms with van der Waals surface area (Å²) < 4.78 is 7.32. The minimum Gasteiger partial charge on any atom is -0.385 e. The van der Waals surface area contributed by atoms with Crippen molar-refractivity contribution in [3.63, 3.8) is 0 Å². The van der Waals surface area contributed by atoms with Crippen LogP contribution in [0.1, 0.15) is 83.5 Å². The van der Waals surface area contributed by atoms with Crippen molar-refractivity contribution in [3.05, 3.63) is 24.5 Å². The number of ether oxygens (including phenoxy) is 1. The van der Waals surface area contributed by atoms with Gasteiger partial charge in [0.05, 0.1) is 13.1 Å². The molecule has 1 aromatic heterocycles. The maximum Gasteiger partial charge on any atom is 0.0598 e. The predicted octanol–water partition coefficient (Wildman–Crippen LogP) is 6.66. The van der Waals surface area contributed by atoms with Gasteiger partial charge in [-0.15, -0.1) is 0 Å². The topological polar surface area (TPSA) is 38.9 Å². The third-order valence-electron chi connectivity index (χ3n) is 4.80. The van der Waals surface area contributed by atoms with Gasteiger partial charge in [0.1, 0.15) is 0 Å². The third-order valence-corrected chi connectivity index (χ3v) is 4.80. The molecule has 0 spiro atoms. The van der Waals surface area contributed by atoms with Gasteiger partial charge >= 0.3 is 0 Å². The first kappa shape index (κ1) is 22.9. The van der Waals surface area contributed by atoms with E-state index in [1.807, 2.05) is 0 Å². The van der Waals surface area contributed by atoms with Gasteiger partial charge in [0.2, 0.25) is 0 Å². The van der Waals surface area contributed by atoms with Gasteiger partial charge in [-0.3, -0.25) is 0 Å². The summed E-state index contributed by atoms with van der Waals surface area (Å²) in [6.07, 6.45) is 21.2. The molecule has 4 heteroatoms. The zero-order chi connectivity index (χ0) is 18.5. The Labute approximate surface area is 161 Å². The number of aryl methyl sites for hydroxylation is 1. The van der Waals surface area contributed by atoms with E-state index in [9.17, 15) is 0 Å². The second-order valence-corrected chi connectivity index (χ2v) is 7.24. The average molecular weight is 364 g/mol. The minimum atomic E-state index is 0.909. The molecular formula is C22H41N3O. The van der Waals surface area contributed by atoms with E-state index in [-0.39, 0.29) is 0 Å². The Morgan fingerprint density at radius 1 is 0.615 bits per heavy atom. The van der Waals surface area contributed by atoms with Crippen LogP contribution < -0.4 is 0 Å². The highest BCUT2D eigenvalue weighted by atomic mass is 16.5. The second kappa shape index (κ2) is 18.6. The van der Waals surface area contributed by atoms with E-state index < -0.39 is 0 Å². The number of hydrogen-bond donors (Lipinski definition) is 0. The van der Waals surface area contributed by atoms with Crippen molar-refractivity contribution in [2.45, 2.75) is 90.0 Å². The van der Waals surface area contributed by atoms with Crippen LogP contribution in [-0.2, 0) is 11.3 Å². The third kappa shape index (κ3) is 15.1. The van der Waals surface area contributed by atoms with Crippen LogP contribution >= 0.6 is 0 Å². The standard InChI is InChI=1S/C22H41N3O/c1-26-22-16-10-6-4-2-3-5-7-11-17-23-24-18-12-8-9-13-19-25-20-14-15-21-25/h14-15,20-21H,2-13,16-19,22H2,1H3. The maximum absolute atomic E-state index is 5.07. The lowest BCUT2D eigenvalue weighted by Gasteiger charge is -2.02. The monoisotopic (exact) mass is 363 g/mol. The van der Waals surface area contributed by atoms with Crippen LogP contribution in [0.4, 0.5) is 0 Å². The second-order valence-electron chi connectivity index (χ2n) is 7.24. The molecule has 4 nitrogen and oxygen atoms in total. The molecule has 0 aromatic carbocycles. The smallest absolute Gasteiger partial charge is 0.0598 e. The van der Waals surface area contributed by atoms with Crippen LogP contribution in [0.25, 0.3) is 0 Å². The quantitative estimate of drug-likeness (QED) is 0.200. The highest BCUT2D eigenvalue weighted by Gasteiger charge is 1.93. The van der Waals surface area contributed by atoms with E-state index >= 15 is 0 Å². The van der Waals surface area contributed by atoms with Crippen molar-refractivity contribution in [1.29, 1.82) is 0 Å². The highest BCUT2D eigenvalue weighted by molar-refractivity contribution is 4.89. The van der Waals surface area contributed by atoms with Gasteiger partial charge in [0, 0.05) is 32.7 Å². The summed E-state index contributed by atoms with van der Waals surface area (Å²) in [5, 5.41) is 8.63. The zero-order valence-corrected chi connectivity index (χ0v) is 17.1. The molecular weight excluding hydrogens is 322 g/mol. The number of methoxy groups -OCH3 is 1. The Balaban J connectivity index is 1.70. The molecule has 0 radical (unpaired) electrons. The Hall–Kier alpha value is -1.16. The van der Waals surface area contributed by atoms with Gasteiger partial charge in [-0.1, -0.05) is 57.8 Å². The van der Waals surface area contributed by atoms with Crippen LogP contribution in [0.5, 0.6) is 0 Å². The normalized spacial score (nSPS) is 11.6. The average Bonchev–Trinajstić information content (AvgIpc) is 3.17. The minimum absolute atomic E-state index is 0.909. The molecule has 0 saturated heterocycles. The number of unbranched alkanes of at least 4 members (excludes halogenated alkanes) is 11. The van der Waals surface area contributed by atoms with E-state index in [2.05, 4.69) is 39.3 Å². The van der Waals surface area contributed by atoms with Crippen molar-refractivity contribution in [3.8, 4) is 0 Å². The van der Waals surface area contributed by atoms with Crippen molar-refractivity contribution in [2.24, 2.45) is 10.2 Å². The summed E-state index contributed by atoms with van der Waals surface area (Å²) in [7, 11) is 1.78. The van der Waals surface area contributed by atoms with Gasteiger partial charge < -0.3 is 9.30 Å². The van der Waals surface area contributed by atoms with Crippen molar-refractivity contribution in [1.82, 2.24) is 4.57 Å². The summed E-state index contributed by atoms with van der Waals surface area (Å²) in [5.41, 5.74) is 0. The van der Waals surface area contributed by atoms with Crippen LogP contribution in [0.2, 0.25) is 0 Å². The number of aromatic nitrogens is 1. The lowest BCUT2D eigenvalue weighted by Crippen LogP contribution is -1.94. The van der Waals surface area contributed by atoms with Crippen LogP contribution in [0.15, 0.2) is 34.8 Å². The zero-order valence-electron chi connectivity index (χ0n) is 17.1. The molecule has 0 fully saturated rings. The van der Waals surface area contributed by atoms with Crippen molar-refractivity contribution in [2.75, 3.05) is 26.8 Å². The van der Waals surface area contributed by atoms with Gasteiger partial charge in [0.15, 0.2) is 0 Å². The van der Waals surface area contributed by atoms with Crippen LogP contribution in [-0.4, -0.2) is 31.4 Å². The molecule has 0 N–H and O–H groups in total. The molecule has 0 aliphatic carbocycles. The molecule has 1 heterocycles. The summed E-state index contributed by atoms with van der Waals surface area (Å²) >= 11 is 0. The highest BCUT2D eigenvalue weighted by Crippen LogP contribution is 2.10. The number of rotatable bonds is 19. The maximum atomic E-state index is 5.07. The fourth-order valence-corrected chi connectivity index (χ4v) is 3.16. The molecule has 150 valence electrons. The molecule has 0 aliphatic heterocycles. The molecule has 0 bridgehead atoms. The molecule has 1 aromatic rings. The summed E-state index contributed by atoms with van der Waals surface area (Å²) in [5.74, 6) is 0. The molecule has 1 rings (SSSR count). The lowest BCUT2D eigenvalue weighted by atomic mass is 10.1. The Bertz CT molecular complexity index is 404. The fourth-order valence-electron chi connectivity index (χ4n) is 3.16. The van der Waals surface area contributed by atoms with Crippen LogP contribution in [0.3, 0.4) is 0 Å². The molecule has 0 aliphatic rings. The van der Waals surface area contributed by atoms with Gasteiger partial charge in [0.25, 0.3) is 0 Å². The van der Waals surface area contributed by atoms with E-state index in [1.165, 1.54) is 83.5 Å². The molecule has 26 heavy (non-hydrogen) atoms. The first-order valence-electron chi connectivity index (χ1n) is 10.9. The predicted molar refractivity (Wildman–Crippen MR) is 111 cm³/mol. The van der Waals surface area contributed by atoms with Gasteiger partial charge in [-0.2, -0.15) is 10.2 Å². The summed E-state index contributed by atoms with van der Waals surface area (Å²) in [6.45, 7) is 3.89. The Kier molecular flexibility index (Phi) is 16.4. The molecule has 0 atom stereocenters. The Morgan fingerprint density at radius 3 is 1.62 bits per heavy atom. The number of azo groups is 1. The van der Waals surface area contributed by atoms with Gasteiger partial charge in [-0.05, 0) is 37.8 Å². The lowest BCUT2D eigenvalue weighted by molar-refractivity contribution is 0.192. The summed E-state index contributed by atoms with van der Waals surface area (Å²) in [4.78, 5) is 0. The van der Waals surface area contributed by atoms with Crippen LogP contribution in [0, 0.1) is 0 Å². The SMILES string of the molecule is COCCCCCCCCCCCN=NCCCCCCn1cccc1. The number of hydrogen-bond acceptors (Lipinski definition) is 3. The first-order valence-corrected chi connectivity index (χ1v) is 10.9. The molecule has 0 saturated carbocycles. The van der Waals surface area contributed by atoms with E-state index in [0.29, 0.717) is 0 Å². The van der Waals surface area contributed by atoms with E-state index in [4.69, 9.17) is 4.74 Å². The number of nitrogens with zero attached hydrogens (tertiary/aromatic N) is 3. The fraction of sp³-hybridized carbons (Fsp3) is 0.818. The largest absolute Gasteiger partial charge is 0.385 e. The van der Waals surface area contributed by atoms with E-state index in [0.717, 1.165) is 26.2 Å². The van der Waals surface area contributed by atoms with Gasteiger partial charge in [-0.25, -0.2) is 0 Å². The summed E-state index contributed by atoms with van der Waals surface area (Å²) in [6, 6.07) is 4.18. The Morgan fingerprint density at radius 2 is 1.08 bits per heavy atom. The first-order chi connectivity index (χ1) is 12.9. The molecule has 0 amide bonds. The van der Waals surface area contributed by atoms with Crippen molar-refractivity contribution < 1.29 is 4.74 Å². The molecule has 0 unspecified atom stereocenters. The van der Waals surface area contributed by atoms with E-state index in [1.54, 1.807) is 7.11 Å².